The van der Waals surface area contributed by atoms with Crippen molar-refractivity contribution in [2.45, 2.75) is 12.3 Å². The van der Waals surface area contributed by atoms with Crippen molar-refractivity contribution >= 4 is 11.9 Å². The molecular formula is C72H64N8O12. The Bertz CT molecular complexity index is 4040. The van der Waals surface area contributed by atoms with Crippen LogP contribution in [0.1, 0.15) is 12.3 Å². The van der Waals surface area contributed by atoms with E-state index in [4.69, 9.17) is 58.3 Å². The first-order valence-corrected chi connectivity index (χ1v) is 28.9. The largest absolute Gasteiger partial charge is 0.496 e. The molecule has 0 radical (unpaired) electrons. The van der Waals surface area contributed by atoms with Crippen LogP contribution in [0.25, 0.3) is 90.1 Å². The van der Waals surface area contributed by atoms with E-state index in [9.17, 15) is 19.8 Å². The Labute approximate surface area is 530 Å². The highest BCUT2D eigenvalue weighted by molar-refractivity contribution is 5.84. The normalized spacial score (nSPS) is 11.0. The molecule has 92 heavy (non-hydrogen) atoms. The molecule has 0 aliphatic rings. The predicted octanol–water partition coefficient (Wildman–Crippen LogP) is 13.8. The molecule has 12 aromatic rings. The van der Waals surface area contributed by atoms with Crippen molar-refractivity contribution in [3.8, 4) is 136 Å². The lowest BCUT2D eigenvalue weighted by molar-refractivity contribution is -0.143. The number of hydrogen-bond donors (Lipinski definition) is 2. The van der Waals surface area contributed by atoms with E-state index >= 15 is 0 Å². The van der Waals surface area contributed by atoms with Gasteiger partial charge in [0, 0.05) is 44.5 Å². The number of benzene rings is 8. The van der Waals surface area contributed by atoms with Crippen molar-refractivity contribution in [1.82, 2.24) is 39.1 Å². The third-order valence-corrected chi connectivity index (χ3v) is 15.4. The van der Waals surface area contributed by atoms with Crippen LogP contribution in [0, 0.1) is 0 Å². The predicted molar refractivity (Wildman–Crippen MR) is 349 cm³/mol. The van der Waals surface area contributed by atoms with Crippen LogP contribution in [0.15, 0.2) is 218 Å². The van der Waals surface area contributed by atoms with Crippen LogP contribution >= 0.6 is 0 Å². The molecule has 2 N–H and O–H groups in total. The minimum Gasteiger partial charge on any atom is -0.496 e. The summed E-state index contributed by atoms with van der Waals surface area (Å²) in [6, 6.07) is 66.7. The van der Waals surface area contributed by atoms with Crippen molar-refractivity contribution in [3.63, 3.8) is 0 Å². The van der Waals surface area contributed by atoms with Gasteiger partial charge in [-0.1, -0.05) is 97.1 Å². The molecule has 20 nitrogen and oxygen atoms in total. The first kappa shape index (κ1) is 61.6. The maximum atomic E-state index is 13.5. The Balaban J connectivity index is 0.000000188. The van der Waals surface area contributed by atoms with Crippen molar-refractivity contribution in [1.29, 1.82) is 0 Å². The average Bonchev–Trinajstić information content (AvgIpc) is 1.60. The summed E-state index contributed by atoms with van der Waals surface area (Å²) in [5.74, 6) is 2.23. The standard InChI is InChI=1S/2C36H32N4O6/c2*1-43-31-17-9-5-13-23(31)27-21-29(25-15-7-11-19-33(25)45-3)39(37-27)35(36(41)42)40-30(26-16-8-12-20-34(26)46-4)22-28(38-40)24-14-6-10-18-32(24)44-2/h2*5-22,35H,1-4H3,(H,41,42). The highest BCUT2D eigenvalue weighted by atomic mass is 16.5. The van der Waals surface area contributed by atoms with E-state index in [2.05, 4.69) is 0 Å². The lowest BCUT2D eigenvalue weighted by Gasteiger charge is -2.20. The van der Waals surface area contributed by atoms with Gasteiger partial charge in [-0.15, -0.1) is 0 Å². The second kappa shape index (κ2) is 27.5. The highest BCUT2D eigenvalue weighted by Crippen LogP contribution is 2.44. The van der Waals surface area contributed by atoms with E-state index in [-0.39, 0.29) is 0 Å². The first-order valence-electron chi connectivity index (χ1n) is 28.9. The van der Waals surface area contributed by atoms with E-state index in [0.717, 1.165) is 0 Å². The Morgan fingerprint density at radius 3 is 0.587 bits per heavy atom. The Hall–Kier alpha value is -12.1. The number of aliphatic carboxylic acids is 2. The number of para-hydroxylation sites is 8. The van der Waals surface area contributed by atoms with E-state index in [0.29, 0.717) is 136 Å². The fourth-order valence-corrected chi connectivity index (χ4v) is 11.1. The average molecular weight is 1230 g/mol. The summed E-state index contributed by atoms with van der Waals surface area (Å²) < 4.78 is 51.2. The summed E-state index contributed by atoms with van der Waals surface area (Å²) in [6.07, 6.45) is -2.88. The number of ether oxygens (including phenoxy) is 8. The van der Waals surface area contributed by atoms with Gasteiger partial charge in [-0.25, -0.2) is 28.3 Å². The van der Waals surface area contributed by atoms with Gasteiger partial charge in [-0.3, -0.25) is 0 Å². The Kier molecular flexibility index (Phi) is 18.4. The lowest BCUT2D eigenvalue weighted by atomic mass is 10.1. The van der Waals surface area contributed by atoms with E-state index in [1.165, 1.54) is 18.7 Å². The van der Waals surface area contributed by atoms with Crippen LogP contribution in [0.4, 0.5) is 0 Å². The topological polar surface area (TPSA) is 220 Å². The zero-order valence-electron chi connectivity index (χ0n) is 51.5. The number of carboxylic acids is 2. The molecule has 0 aliphatic carbocycles. The Morgan fingerprint density at radius 1 is 0.272 bits per heavy atom. The molecule has 0 amide bonds. The summed E-state index contributed by atoms with van der Waals surface area (Å²) >= 11 is 0. The molecule has 0 saturated carbocycles. The molecule has 0 spiro atoms. The van der Waals surface area contributed by atoms with Gasteiger partial charge in [-0.05, 0) is 121 Å². The molecule has 0 unspecified atom stereocenters. The van der Waals surface area contributed by atoms with Gasteiger partial charge in [0.05, 0.1) is 102 Å². The number of rotatable bonds is 22. The second-order valence-electron chi connectivity index (χ2n) is 20.5. The summed E-state index contributed by atoms with van der Waals surface area (Å²) in [6.45, 7) is 0. The van der Waals surface area contributed by atoms with E-state index in [1.54, 1.807) is 56.9 Å². The summed E-state index contributed by atoms with van der Waals surface area (Å²) in [5.41, 5.74) is 9.49. The molecule has 0 bridgehead atoms. The zero-order valence-corrected chi connectivity index (χ0v) is 51.5. The van der Waals surface area contributed by atoms with Crippen molar-refractivity contribution < 1.29 is 57.7 Å². The molecule has 8 aromatic carbocycles. The smallest absolute Gasteiger partial charge is 0.351 e. The number of aromatic nitrogens is 8. The van der Waals surface area contributed by atoms with Gasteiger partial charge in [0.1, 0.15) is 46.0 Å². The maximum absolute atomic E-state index is 13.5. The fourth-order valence-electron chi connectivity index (χ4n) is 11.1. The zero-order chi connectivity index (χ0) is 64.4. The maximum Gasteiger partial charge on any atom is 0.351 e. The van der Waals surface area contributed by atoms with Crippen molar-refractivity contribution in [2.75, 3.05) is 56.9 Å². The highest BCUT2D eigenvalue weighted by Gasteiger charge is 2.35. The summed E-state index contributed by atoms with van der Waals surface area (Å²) in [7, 11) is 12.6. The minimum absolute atomic E-state index is 0.506. The molecular weight excluding hydrogens is 1170 g/mol. The number of carboxylic acid groups (broad SMARTS) is 2. The molecule has 4 aromatic heterocycles. The molecule has 0 fully saturated rings. The number of carbonyl (C=O) groups is 2. The Morgan fingerprint density at radius 2 is 0.424 bits per heavy atom. The fraction of sp³-hybridized carbons (Fsp3) is 0.139. The molecule has 12 rings (SSSR count). The molecule has 4 heterocycles. The van der Waals surface area contributed by atoms with Crippen molar-refractivity contribution in [3.05, 3.63) is 218 Å². The molecule has 0 aliphatic heterocycles. The molecule has 20 heteroatoms. The van der Waals surface area contributed by atoms with Crippen LogP contribution in [0.2, 0.25) is 0 Å². The van der Waals surface area contributed by atoms with Gasteiger partial charge in [-0.2, -0.15) is 20.4 Å². The number of methoxy groups -OCH3 is 8. The van der Waals surface area contributed by atoms with E-state index in [1.807, 2.05) is 218 Å². The number of nitrogens with zero attached hydrogens (tertiary/aromatic N) is 8. The third kappa shape index (κ3) is 12.0. The van der Waals surface area contributed by atoms with Crippen molar-refractivity contribution in [2.24, 2.45) is 0 Å². The van der Waals surface area contributed by atoms with Crippen LogP contribution in [0.3, 0.4) is 0 Å². The first-order chi connectivity index (χ1) is 45.0. The monoisotopic (exact) mass is 1230 g/mol. The van der Waals surface area contributed by atoms with Gasteiger partial charge in [0.2, 0.25) is 12.3 Å². The van der Waals surface area contributed by atoms with Crippen LogP contribution in [-0.4, -0.2) is 118 Å². The minimum atomic E-state index is -1.44. The quantitative estimate of drug-likeness (QED) is 0.0644. The molecule has 0 atom stereocenters. The van der Waals surface area contributed by atoms with Crippen LogP contribution in [-0.2, 0) is 9.59 Å². The molecule has 464 valence electrons. The summed E-state index contributed by atoms with van der Waals surface area (Å²) in [5, 5.41) is 41.7. The van der Waals surface area contributed by atoms with Crippen LogP contribution in [0.5, 0.6) is 46.0 Å². The summed E-state index contributed by atoms with van der Waals surface area (Å²) in [4.78, 5) is 27.0. The van der Waals surface area contributed by atoms with Gasteiger partial charge < -0.3 is 48.1 Å². The molecule has 0 saturated heterocycles. The SMILES string of the molecule is COc1ccccc1-c1cc(-c2ccccc2OC)n(C(C(=O)O)n2nc(-c3ccccc3OC)cc2-c2ccccc2OC)n1.COc1ccccc1-c1cc(-c2ccccc2OC)n(C(C(=O)O)n2nc(-c3ccccc3OC)cc2-c2ccccc2OC)n1. The van der Waals surface area contributed by atoms with E-state index < -0.39 is 24.3 Å². The third-order valence-electron chi connectivity index (χ3n) is 15.4. The van der Waals surface area contributed by atoms with Gasteiger partial charge in [0.25, 0.3) is 0 Å². The number of hydrogen-bond acceptors (Lipinski definition) is 14. The van der Waals surface area contributed by atoms with Gasteiger partial charge in [0.15, 0.2) is 0 Å². The lowest BCUT2D eigenvalue weighted by Crippen LogP contribution is -2.29. The van der Waals surface area contributed by atoms with Gasteiger partial charge >= 0.3 is 11.9 Å². The van der Waals surface area contributed by atoms with Crippen LogP contribution < -0.4 is 37.9 Å². The second-order valence-corrected chi connectivity index (χ2v) is 20.5.